The largest absolute Gasteiger partial charge is 0.320 e. The van der Waals surface area contributed by atoms with Gasteiger partial charge in [0.2, 0.25) is 0 Å². The third-order valence-electron chi connectivity index (χ3n) is 9.17. The fourth-order valence-electron chi connectivity index (χ4n) is 6.51. The number of hydrogen-bond acceptors (Lipinski definition) is 2. The summed E-state index contributed by atoms with van der Waals surface area (Å²) in [5.41, 5.74) is 1.05. The Kier molecular flexibility index (Phi) is 23.7. The highest BCUT2D eigenvalue weighted by Gasteiger charge is 2.27. The quantitative estimate of drug-likeness (QED) is 0.0537. The van der Waals surface area contributed by atoms with E-state index in [9.17, 15) is 13.0 Å². The Bertz CT molecular complexity index is 804. The summed E-state index contributed by atoms with van der Waals surface area (Å²) in [5, 5.41) is 0. The molecule has 0 radical (unpaired) electrons. The summed E-state index contributed by atoms with van der Waals surface area (Å²) < 4.78 is 34.6. The number of hydrogen-bond donors (Lipinski definition) is 1. The van der Waals surface area contributed by atoms with Crippen LogP contribution in [0.1, 0.15) is 180 Å². The minimum atomic E-state index is -4.19. The predicted octanol–water partition coefficient (Wildman–Crippen LogP) is 11.7. The van der Waals surface area contributed by atoms with Crippen molar-refractivity contribution in [1.82, 2.24) is 0 Å². The first-order valence-electron chi connectivity index (χ1n) is 18.3. The van der Waals surface area contributed by atoms with Crippen molar-refractivity contribution in [2.75, 3.05) is 19.6 Å². The minimum absolute atomic E-state index is 0.0318. The van der Waals surface area contributed by atoms with Gasteiger partial charge in [-0.2, -0.15) is 8.42 Å². The molecule has 42 heavy (non-hydrogen) atoms. The Balaban J connectivity index is 2.89. The second-order valence-corrected chi connectivity index (χ2v) is 14.6. The maximum atomic E-state index is 11.9. The van der Waals surface area contributed by atoms with E-state index in [1.54, 1.807) is 12.1 Å². The van der Waals surface area contributed by atoms with Crippen molar-refractivity contribution in [3.63, 3.8) is 0 Å². The minimum Gasteiger partial charge on any atom is -0.320 e. The summed E-state index contributed by atoms with van der Waals surface area (Å²) in [4.78, 5) is 0.0318. The fourth-order valence-corrected chi connectivity index (χ4v) is 7.06. The van der Waals surface area contributed by atoms with Crippen molar-refractivity contribution >= 4 is 10.1 Å². The lowest BCUT2D eigenvalue weighted by atomic mass is 10.0. The molecule has 4 nitrogen and oxygen atoms in total. The number of quaternary nitrogens is 1. The van der Waals surface area contributed by atoms with Gasteiger partial charge in [-0.1, -0.05) is 148 Å². The van der Waals surface area contributed by atoms with Gasteiger partial charge < -0.3 is 4.48 Å². The molecule has 0 aromatic heterocycles. The molecule has 0 unspecified atom stereocenters. The van der Waals surface area contributed by atoms with Crippen molar-refractivity contribution in [3.8, 4) is 0 Å². The summed E-state index contributed by atoms with van der Waals surface area (Å²) in [6, 6.07) is 7.10. The van der Waals surface area contributed by atoms with Crippen LogP contribution in [-0.4, -0.2) is 37.1 Å². The van der Waals surface area contributed by atoms with Gasteiger partial charge in [-0.05, 0) is 50.7 Å². The van der Waals surface area contributed by atoms with Crippen LogP contribution in [0.4, 0.5) is 0 Å². The smallest absolute Gasteiger partial charge is 0.294 e. The molecule has 0 spiro atoms. The van der Waals surface area contributed by atoms with E-state index < -0.39 is 10.1 Å². The molecule has 0 aliphatic rings. The van der Waals surface area contributed by atoms with Crippen LogP contribution in [0.15, 0.2) is 29.2 Å². The molecule has 0 fully saturated rings. The van der Waals surface area contributed by atoms with E-state index in [4.69, 9.17) is 0 Å². The standard InChI is InChI=1S/C37H69NO3S/c1-4-7-10-13-16-19-22-25-31-38(32-26-23-20-17-14-11-8-5-2,33-27-24-21-18-15-12-9-6-3)35-36-29-28-30-37(34-36)42(39,40)41/h28-30,34H,4-27,31-33,35H2,1-3H3/p+1. The van der Waals surface area contributed by atoms with Gasteiger partial charge in [-0.25, -0.2) is 0 Å². The van der Waals surface area contributed by atoms with Gasteiger partial charge in [0.05, 0.1) is 24.5 Å². The van der Waals surface area contributed by atoms with Crippen LogP contribution in [0.2, 0.25) is 0 Å². The van der Waals surface area contributed by atoms with Crippen LogP contribution in [0.3, 0.4) is 0 Å². The highest BCUT2D eigenvalue weighted by Crippen LogP contribution is 2.24. The Hall–Kier alpha value is -0.910. The second kappa shape index (κ2) is 25.4. The molecule has 0 heterocycles. The SMILES string of the molecule is CCCCCCCCCC[N+](CCCCCCCCCC)(CCCCCCCCCC)Cc1cccc(S(=O)(=O)O)c1. The molecule has 0 saturated carbocycles. The van der Waals surface area contributed by atoms with E-state index in [0.29, 0.717) is 0 Å². The van der Waals surface area contributed by atoms with Gasteiger partial charge >= 0.3 is 0 Å². The number of benzene rings is 1. The lowest BCUT2D eigenvalue weighted by Crippen LogP contribution is -2.49. The molecule has 0 atom stereocenters. The Labute approximate surface area is 262 Å². The summed E-state index contributed by atoms with van der Waals surface area (Å²) in [7, 11) is -4.19. The third-order valence-corrected chi connectivity index (χ3v) is 10.0. The molecule has 0 aliphatic heterocycles. The molecule has 0 saturated heterocycles. The maximum Gasteiger partial charge on any atom is 0.294 e. The van der Waals surface area contributed by atoms with E-state index in [2.05, 4.69) is 26.8 Å². The predicted molar refractivity (Wildman–Crippen MR) is 183 cm³/mol. The first-order valence-corrected chi connectivity index (χ1v) is 19.7. The van der Waals surface area contributed by atoms with E-state index in [1.807, 2.05) is 0 Å². The highest BCUT2D eigenvalue weighted by atomic mass is 32.2. The van der Waals surface area contributed by atoms with Crippen molar-refractivity contribution in [1.29, 1.82) is 0 Å². The van der Waals surface area contributed by atoms with Gasteiger partial charge in [0, 0.05) is 5.56 Å². The highest BCUT2D eigenvalue weighted by molar-refractivity contribution is 7.85. The van der Waals surface area contributed by atoms with Crippen molar-refractivity contribution in [3.05, 3.63) is 29.8 Å². The molecular weight excluding hydrogens is 538 g/mol. The van der Waals surface area contributed by atoms with E-state index >= 15 is 0 Å². The summed E-state index contributed by atoms with van der Waals surface area (Å²) in [6.07, 6.45) is 31.9. The average Bonchev–Trinajstić information content (AvgIpc) is 2.97. The zero-order valence-electron chi connectivity index (χ0n) is 28.2. The Morgan fingerprint density at radius 2 is 0.857 bits per heavy atom. The Morgan fingerprint density at radius 3 is 1.19 bits per heavy atom. The van der Waals surface area contributed by atoms with E-state index in [0.717, 1.165) is 16.6 Å². The van der Waals surface area contributed by atoms with Crippen LogP contribution < -0.4 is 0 Å². The monoisotopic (exact) mass is 609 g/mol. The van der Waals surface area contributed by atoms with Crippen LogP contribution in [-0.2, 0) is 16.7 Å². The van der Waals surface area contributed by atoms with Gasteiger partial charge in [0.25, 0.3) is 10.1 Å². The number of nitrogens with zero attached hydrogens (tertiary/aromatic N) is 1. The van der Waals surface area contributed by atoms with Gasteiger partial charge in [0.15, 0.2) is 0 Å². The first kappa shape index (κ1) is 39.1. The molecule has 0 aliphatic carbocycles. The molecule has 1 rings (SSSR count). The van der Waals surface area contributed by atoms with Crippen LogP contribution >= 0.6 is 0 Å². The van der Waals surface area contributed by atoms with E-state index in [1.165, 1.54) is 180 Å². The second-order valence-electron chi connectivity index (χ2n) is 13.2. The zero-order chi connectivity index (χ0) is 30.8. The van der Waals surface area contributed by atoms with Crippen LogP contribution in [0.25, 0.3) is 0 Å². The average molecular weight is 609 g/mol. The lowest BCUT2D eigenvalue weighted by Gasteiger charge is -2.39. The molecule has 246 valence electrons. The van der Waals surface area contributed by atoms with Gasteiger partial charge in [0.1, 0.15) is 6.54 Å². The lowest BCUT2D eigenvalue weighted by molar-refractivity contribution is -0.941. The summed E-state index contributed by atoms with van der Waals surface area (Å²) in [5.74, 6) is 0. The van der Waals surface area contributed by atoms with Gasteiger partial charge in [-0.3, -0.25) is 4.55 Å². The van der Waals surface area contributed by atoms with Crippen LogP contribution in [0.5, 0.6) is 0 Å². The summed E-state index contributed by atoms with van der Waals surface area (Å²) in [6.45, 7) is 11.2. The van der Waals surface area contributed by atoms with E-state index in [-0.39, 0.29) is 4.90 Å². The molecule has 5 heteroatoms. The van der Waals surface area contributed by atoms with Gasteiger partial charge in [-0.15, -0.1) is 0 Å². The third kappa shape index (κ3) is 20.1. The molecule has 1 N–H and O–H groups in total. The van der Waals surface area contributed by atoms with Crippen molar-refractivity contribution in [2.24, 2.45) is 0 Å². The summed E-state index contributed by atoms with van der Waals surface area (Å²) >= 11 is 0. The first-order chi connectivity index (χ1) is 20.4. The maximum absolute atomic E-state index is 11.9. The van der Waals surface area contributed by atoms with Crippen LogP contribution in [0, 0.1) is 0 Å². The normalized spacial score (nSPS) is 12.3. The molecule has 1 aromatic rings. The Morgan fingerprint density at radius 1 is 0.524 bits per heavy atom. The number of unbranched alkanes of at least 4 members (excludes halogenated alkanes) is 21. The molecule has 0 amide bonds. The molecule has 0 bridgehead atoms. The number of rotatable bonds is 30. The molecule has 1 aromatic carbocycles. The van der Waals surface area contributed by atoms with Crippen molar-refractivity contribution in [2.45, 2.75) is 186 Å². The topological polar surface area (TPSA) is 54.4 Å². The fraction of sp³-hybridized carbons (Fsp3) is 0.838. The molecular formula is C37H70NO3S+. The van der Waals surface area contributed by atoms with Crippen molar-refractivity contribution < 1.29 is 17.5 Å². The zero-order valence-corrected chi connectivity index (χ0v) is 29.0.